The molecule has 86 valence electrons. The molecule has 0 spiro atoms. The van der Waals surface area contributed by atoms with Crippen LogP contribution in [0.15, 0.2) is 31.2 Å². The first kappa shape index (κ1) is 12.8. The van der Waals surface area contributed by atoms with Crippen molar-refractivity contribution >= 4 is 54.5 Å². The third kappa shape index (κ3) is 3.17. The second kappa shape index (κ2) is 5.78. The highest BCUT2D eigenvalue weighted by atomic mass is 79.9. The summed E-state index contributed by atoms with van der Waals surface area (Å²) in [7, 11) is 0. The molecular weight excluding hydrogens is 372 g/mol. The Kier molecular flexibility index (Phi) is 4.61. The zero-order valence-corrected chi connectivity index (χ0v) is 13.1. The molecule has 1 nitrogen and oxygen atoms in total. The average molecular weight is 382 g/mol. The molecule has 5 heteroatoms. The fourth-order valence-corrected chi connectivity index (χ4v) is 4.22. The number of aliphatic hydroxyl groups is 1. The van der Waals surface area contributed by atoms with E-state index in [9.17, 15) is 5.11 Å². The van der Waals surface area contributed by atoms with Crippen molar-refractivity contribution in [2.24, 2.45) is 0 Å². The van der Waals surface area contributed by atoms with E-state index in [0.29, 0.717) is 0 Å². The Labute approximate surface area is 119 Å². The highest BCUT2D eigenvalue weighted by Gasteiger charge is 2.13. The molecule has 0 bridgehead atoms. The Morgan fingerprint density at radius 2 is 2.19 bits per heavy atom. The Balaban J connectivity index is 1.95. The van der Waals surface area contributed by atoms with Crippen molar-refractivity contribution in [3.63, 3.8) is 0 Å². The fraction of sp³-hybridized carbons (Fsp3) is 0.273. The van der Waals surface area contributed by atoms with E-state index in [-0.39, 0.29) is 6.10 Å². The normalized spacial score (nSPS) is 12.9. The van der Waals surface area contributed by atoms with Crippen LogP contribution in [-0.4, -0.2) is 5.11 Å². The van der Waals surface area contributed by atoms with Gasteiger partial charge in [0.1, 0.15) is 0 Å². The lowest BCUT2D eigenvalue weighted by Gasteiger charge is -2.06. The molecule has 16 heavy (non-hydrogen) atoms. The summed E-state index contributed by atoms with van der Waals surface area (Å²) >= 11 is 10.1. The fourth-order valence-electron chi connectivity index (χ4n) is 1.41. The van der Waals surface area contributed by atoms with E-state index in [1.54, 1.807) is 22.7 Å². The van der Waals surface area contributed by atoms with Crippen molar-refractivity contribution in [2.45, 2.75) is 18.9 Å². The van der Waals surface area contributed by atoms with Gasteiger partial charge in [0.05, 0.1) is 9.89 Å². The number of halogens is 2. The van der Waals surface area contributed by atoms with Gasteiger partial charge in [0.25, 0.3) is 0 Å². The molecule has 1 unspecified atom stereocenters. The Hall–Kier alpha value is 0.320. The maximum absolute atomic E-state index is 10.0. The second-order valence-corrected chi connectivity index (χ2v) is 7.49. The lowest BCUT2D eigenvalue weighted by molar-refractivity contribution is 0.171. The number of thiophene rings is 2. The molecule has 0 aliphatic rings. The smallest absolute Gasteiger partial charge is 0.0886 e. The number of aliphatic hydroxyl groups excluding tert-OH is 1. The topological polar surface area (TPSA) is 20.2 Å². The maximum Gasteiger partial charge on any atom is 0.0886 e. The molecule has 1 N–H and O–H groups in total. The van der Waals surface area contributed by atoms with Crippen molar-refractivity contribution in [1.82, 2.24) is 0 Å². The Bertz CT molecular complexity index is 431. The van der Waals surface area contributed by atoms with Crippen LogP contribution in [0, 0.1) is 0 Å². The maximum atomic E-state index is 10.0. The molecule has 0 saturated heterocycles. The minimum Gasteiger partial charge on any atom is -0.388 e. The molecule has 0 fully saturated rings. The van der Waals surface area contributed by atoms with Gasteiger partial charge in [-0.25, -0.2) is 0 Å². The van der Waals surface area contributed by atoms with Crippen LogP contribution >= 0.6 is 54.5 Å². The van der Waals surface area contributed by atoms with Crippen LogP contribution in [0.1, 0.15) is 23.0 Å². The summed E-state index contributed by atoms with van der Waals surface area (Å²) in [6, 6.07) is 4.09. The van der Waals surface area contributed by atoms with Crippen LogP contribution in [0.25, 0.3) is 0 Å². The summed E-state index contributed by atoms with van der Waals surface area (Å²) < 4.78 is 2.05. The summed E-state index contributed by atoms with van der Waals surface area (Å²) in [5.74, 6) is 0. The SMILES string of the molecule is OC(CCc1ccsc1)c1cc(Br)c(Br)s1. The Morgan fingerprint density at radius 3 is 2.75 bits per heavy atom. The minimum atomic E-state index is -0.368. The van der Waals surface area contributed by atoms with E-state index in [0.717, 1.165) is 26.0 Å². The van der Waals surface area contributed by atoms with Gasteiger partial charge in [-0.2, -0.15) is 11.3 Å². The first-order valence-electron chi connectivity index (χ1n) is 4.80. The molecule has 0 aliphatic carbocycles. The van der Waals surface area contributed by atoms with Gasteiger partial charge in [-0.15, -0.1) is 11.3 Å². The quantitative estimate of drug-likeness (QED) is 0.789. The van der Waals surface area contributed by atoms with Crippen molar-refractivity contribution in [1.29, 1.82) is 0 Å². The predicted octanol–water partition coefficient (Wildman–Crippen LogP) is 5.00. The van der Waals surface area contributed by atoms with Gasteiger partial charge in [0, 0.05) is 9.35 Å². The second-order valence-electron chi connectivity index (χ2n) is 3.46. The third-order valence-electron chi connectivity index (χ3n) is 2.28. The number of aryl methyl sites for hydroxylation is 1. The van der Waals surface area contributed by atoms with Gasteiger partial charge in [-0.05, 0) is 73.2 Å². The molecule has 2 heterocycles. The van der Waals surface area contributed by atoms with E-state index in [4.69, 9.17) is 0 Å². The first-order valence-corrected chi connectivity index (χ1v) is 8.15. The molecule has 0 aromatic carbocycles. The zero-order valence-electron chi connectivity index (χ0n) is 8.32. The summed E-state index contributed by atoms with van der Waals surface area (Å²) in [5.41, 5.74) is 1.30. The average Bonchev–Trinajstić information content (AvgIpc) is 2.86. The highest BCUT2D eigenvalue weighted by molar-refractivity contribution is 9.13. The van der Waals surface area contributed by atoms with Gasteiger partial charge >= 0.3 is 0 Å². The molecule has 2 rings (SSSR count). The molecule has 1 atom stereocenters. The number of hydrogen-bond acceptors (Lipinski definition) is 3. The van der Waals surface area contributed by atoms with Crippen LogP contribution in [0.3, 0.4) is 0 Å². The Morgan fingerprint density at radius 1 is 1.38 bits per heavy atom. The van der Waals surface area contributed by atoms with Crippen LogP contribution in [0.5, 0.6) is 0 Å². The van der Waals surface area contributed by atoms with Gasteiger partial charge in [-0.1, -0.05) is 0 Å². The van der Waals surface area contributed by atoms with Gasteiger partial charge in [-0.3, -0.25) is 0 Å². The molecule has 0 amide bonds. The standard InChI is InChI=1S/C11H10Br2OS2/c12-8-5-10(16-11(8)13)9(14)2-1-7-3-4-15-6-7/h3-6,9,14H,1-2H2. The lowest BCUT2D eigenvalue weighted by atomic mass is 10.1. The van der Waals surface area contributed by atoms with Crippen LogP contribution < -0.4 is 0 Å². The van der Waals surface area contributed by atoms with E-state index >= 15 is 0 Å². The van der Waals surface area contributed by atoms with E-state index < -0.39 is 0 Å². The first-order chi connectivity index (χ1) is 7.66. The molecular formula is C11H10Br2OS2. The zero-order chi connectivity index (χ0) is 11.5. The van der Waals surface area contributed by atoms with Gasteiger partial charge < -0.3 is 5.11 Å². The number of rotatable bonds is 4. The molecule has 0 saturated carbocycles. The van der Waals surface area contributed by atoms with Crippen LogP contribution in [0.2, 0.25) is 0 Å². The monoisotopic (exact) mass is 380 g/mol. The van der Waals surface area contributed by atoms with Crippen LogP contribution in [0.4, 0.5) is 0 Å². The molecule has 2 aromatic rings. The van der Waals surface area contributed by atoms with Crippen molar-refractivity contribution in [2.75, 3.05) is 0 Å². The highest BCUT2D eigenvalue weighted by Crippen LogP contribution is 2.36. The predicted molar refractivity (Wildman–Crippen MR) is 77.3 cm³/mol. The van der Waals surface area contributed by atoms with E-state index in [1.807, 2.05) is 6.07 Å². The molecule has 2 aromatic heterocycles. The largest absolute Gasteiger partial charge is 0.388 e. The summed E-state index contributed by atoms with van der Waals surface area (Å²) in [5, 5.41) is 14.2. The lowest BCUT2D eigenvalue weighted by Crippen LogP contribution is -1.96. The third-order valence-corrected chi connectivity index (χ3v) is 6.37. The van der Waals surface area contributed by atoms with E-state index in [1.165, 1.54) is 5.56 Å². The molecule has 0 radical (unpaired) electrons. The van der Waals surface area contributed by atoms with Crippen molar-refractivity contribution < 1.29 is 5.11 Å². The molecule has 0 aliphatic heterocycles. The van der Waals surface area contributed by atoms with E-state index in [2.05, 4.69) is 48.7 Å². The summed E-state index contributed by atoms with van der Waals surface area (Å²) in [4.78, 5) is 1.01. The van der Waals surface area contributed by atoms with Crippen LogP contribution in [-0.2, 0) is 6.42 Å². The summed E-state index contributed by atoms with van der Waals surface area (Å²) in [6.45, 7) is 0. The minimum absolute atomic E-state index is 0.368. The van der Waals surface area contributed by atoms with Crippen molar-refractivity contribution in [3.8, 4) is 0 Å². The van der Waals surface area contributed by atoms with Crippen molar-refractivity contribution in [3.05, 3.63) is 41.6 Å². The number of hydrogen-bond donors (Lipinski definition) is 1. The van der Waals surface area contributed by atoms with Gasteiger partial charge in [0.2, 0.25) is 0 Å². The summed E-state index contributed by atoms with van der Waals surface area (Å²) in [6.07, 6.45) is 1.33. The van der Waals surface area contributed by atoms with Gasteiger partial charge in [0.15, 0.2) is 0 Å².